The maximum Gasteiger partial charge on any atom is 0.329 e. The van der Waals surface area contributed by atoms with Crippen LogP contribution in [0.4, 0.5) is 11.8 Å². The third-order valence-corrected chi connectivity index (χ3v) is 3.87. The molecular weight excluding hydrogens is 336 g/mol. The molecule has 0 radical (unpaired) electrons. The van der Waals surface area contributed by atoms with Crippen molar-refractivity contribution in [1.29, 1.82) is 0 Å². The van der Waals surface area contributed by atoms with Gasteiger partial charge in [0.05, 0.1) is 0 Å². The van der Waals surface area contributed by atoms with Gasteiger partial charge in [0.25, 0.3) is 0 Å². The Morgan fingerprint density at radius 3 is 2.62 bits per heavy atom. The Hall–Kier alpha value is -2.88. The van der Waals surface area contributed by atoms with Crippen LogP contribution in [0, 0.1) is 0 Å². The van der Waals surface area contributed by atoms with Gasteiger partial charge in [-0.3, -0.25) is 4.79 Å². The van der Waals surface area contributed by atoms with E-state index in [9.17, 15) is 4.79 Å². The van der Waals surface area contributed by atoms with Gasteiger partial charge in [0.15, 0.2) is 0 Å². The summed E-state index contributed by atoms with van der Waals surface area (Å²) in [6.45, 7) is 6.97. The van der Waals surface area contributed by atoms with Crippen molar-refractivity contribution in [2.45, 2.75) is 20.3 Å². The number of aryl methyl sites for hydroxylation is 1. The lowest BCUT2D eigenvalue weighted by molar-refractivity contribution is -0.114. The Kier molecular flexibility index (Phi) is 5.52. The number of likely N-dealkylation sites (N-methyl/N-ethyl adjacent to an activating group) is 1. The van der Waals surface area contributed by atoms with Crippen molar-refractivity contribution in [3.63, 3.8) is 0 Å². The van der Waals surface area contributed by atoms with E-state index in [1.54, 1.807) is 6.07 Å². The minimum Gasteiger partial charge on any atom is -0.388 e. The zero-order valence-corrected chi connectivity index (χ0v) is 15.1. The van der Waals surface area contributed by atoms with Crippen molar-refractivity contribution < 1.29 is 9.53 Å². The van der Waals surface area contributed by atoms with E-state index in [0.29, 0.717) is 24.0 Å². The average Bonchev–Trinajstić information content (AvgIpc) is 2.61. The third kappa shape index (κ3) is 4.60. The van der Waals surface area contributed by atoms with Crippen LogP contribution in [0.2, 0.25) is 0 Å². The van der Waals surface area contributed by atoms with Gasteiger partial charge in [0.2, 0.25) is 11.9 Å². The molecular formula is C16H22N8O2. The fourth-order valence-corrected chi connectivity index (χ4v) is 2.46. The first-order valence-electron chi connectivity index (χ1n) is 8.50. The first kappa shape index (κ1) is 17.9. The first-order chi connectivity index (χ1) is 12.5. The highest BCUT2D eigenvalue weighted by molar-refractivity contribution is 5.87. The molecule has 1 saturated heterocycles. The minimum atomic E-state index is -0.222. The lowest BCUT2D eigenvalue weighted by Crippen LogP contribution is -2.45. The maximum absolute atomic E-state index is 11.2. The summed E-state index contributed by atoms with van der Waals surface area (Å²) in [5.41, 5.74) is 0. The summed E-state index contributed by atoms with van der Waals surface area (Å²) >= 11 is 0. The highest BCUT2D eigenvalue weighted by Crippen LogP contribution is 2.19. The van der Waals surface area contributed by atoms with Gasteiger partial charge in [0, 0.05) is 45.7 Å². The molecule has 0 unspecified atom stereocenters. The van der Waals surface area contributed by atoms with E-state index in [2.05, 4.69) is 47.1 Å². The molecule has 0 aliphatic carbocycles. The molecule has 3 heterocycles. The van der Waals surface area contributed by atoms with Crippen LogP contribution in [0.3, 0.4) is 0 Å². The van der Waals surface area contributed by atoms with E-state index in [1.165, 1.54) is 13.1 Å². The number of hydrogen-bond acceptors (Lipinski definition) is 9. The molecule has 1 fully saturated rings. The number of anilines is 2. The topological polar surface area (TPSA) is 109 Å². The molecule has 0 spiro atoms. The quantitative estimate of drug-likeness (QED) is 0.827. The largest absolute Gasteiger partial charge is 0.388 e. The Labute approximate surface area is 151 Å². The van der Waals surface area contributed by atoms with Gasteiger partial charge in [-0.05, 0) is 13.1 Å². The Bertz CT molecular complexity index is 777. The van der Waals surface area contributed by atoms with Gasteiger partial charge in [0.1, 0.15) is 11.6 Å². The number of amides is 1. The van der Waals surface area contributed by atoms with Crippen LogP contribution in [0.1, 0.15) is 19.7 Å². The molecule has 0 saturated carbocycles. The number of piperazine rings is 1. The number of hydrogen-bond donors (Lipinski definition) is 1. The summed E-state index contributed by atoms with van der Waals surface area (Å²) in [4.78, 5) is 36.9. The molecule has 0 atom stereocenters. The van der Waals surface area contributed by atoms with Crippen molar-refractivity contribution in [1.82, 2.24) is 29.8 Å². The van der Waals surface area contributed by atoms with E-state index in [1.807, 2.05) is 6.92 Å². The predicted molar refractivity (Wildman–Crippen MR) is 95.3 cm³/mol. The van der Waals surface area contributed by atoms with Gasteiger partial charge in [-0.15, -0.1) is 0 Å². The SMILES string of the molecule is CCc1nc(Oc2nccc(NC(C)=O)n2)nc(N2CCN(C)CC2)n1. The predicted octanol–water partition coefficient (Wildman–Crippen LogP) is 0.726. The standard InChI is InChI=1S/C16H22N8O2/c1-4-12-19-14(24-9-7-23(3)8-10-24)22-16(20-12)26-15-17-6-5-13(21-15)18-11(2)25/h5-6H,4,7-10H2,1-3H3,(H,17,18,21,25). The zero-order valence-electron chi connectivity index (χ0n) is 15.1. The monoisotopic (exact) mass is 358 g/mol. The van der Waals surface area contributed by atoms with Gasteiger partial charge in [-0.2, -0.15) is 19.9 Å². The first-order valence-corrected chi connectivity index (χ1v) is 8.50. The van der Waals surface area contributed by atoms with Crippen molar-refractivity contribution >= 4 is 17.7 Å². The second-order valence-electron chi connectivity index (χ2n) is 5.99. The highest BCUT2D eigenvalue weighted by Gasteiger charge is 2.19. The Morgan fingerprint density at radius 1 is 1.15 bits per heavy atom. The normalized spacial score (nSPS) is 15.0. The van der Waals surface area contributed by atoms with Gasteiger partial charge >= 0.3 is 12.0 Å². The van der Waals surface area contributed by atoms with Crippen molar-refractivity contribution in [2.24, 2.45) is 0 Å². The van der Waals surface area contributed by atoms with E-state index >= 15 is 0 Å². The summed E-state index contributed by atoms with van der Waals surface area (Å²) in [5, 5.41) is 2.58. The molecule has 138 valence electrons. The van der Waals surface area contributed by atoms with Crippen LogP contribution in [-0.2, 0) is 11.2 Å². The zero-order chi connectivity index (χ0) is 18.5. The fraction of sp³-hybridized carbons (Fsp3) is 0.500. The van der Waals surface area contributed by atoms with Gasteiger partial charge < -0.3 is 19.9 Å². The molecule has 2 aromatic heterocycles. The molecule has 0 aromatic carbocycles. The van der Waals surface area contributed by atoms with E-state index in [-0.39, 0.29) is 17.9 Å². The van der Waals surface area contributed by atoms with Crippen molar-refractivity contribution in [2.75, 3.05) is 43.4 Å². The summed E-state index contributed by atoms with van der Waals surface area (Å²) in [6, 6.07) is 1.79. The number of nitrogens with zero attached hydrogens (tertiary/aromatic N) is 7. The second-order valence-corrected chi connectivity index (χ2v) is 5.99. The van der Waals surface area contributed by atoms with Crippen LogP contribution in [0.25, 0.3) is 0 Å². The number of carbonyl (C=O) groups is 1. The highest BCUT2D eigenvalue weighted by atomic mass is 16.5. The molecule has 1 aliphatic heterocycles. The smallest absolute Gasteiger partial charge is 0.329 e. The van der Waals surface area contributed by atoms with Crippen LogP contribution in [0.5, 0.6) is 12.0 Å². The number of nitrogens with one attached hydrogen (secondary N) is 1. The van der Waals surface area contributed by atoms with E-state index in [4.69, 9.17) is 4.74 Å². The molecule has 2 aromatic rings. The number of carbonyl (C=O) groups excluding carboxylic acids is 1. The third-order valence-electron chi connectivity index (χ3n) is 3.87. The second kappa shape index (κ2) is 8.00. The van der Waals surface area contributed by atoms with Crippen LogP contribution >= 0.6 is 0 Å². The molecule has 10 nitrogen and oxygen atoms in total. The van der Waals surface area contributed by atoms with Crippen LogP contribution in [-0.4, -0.2) is 69.0 Å². The lowest BCUT2D eigenvalue weighted by atomic mass is 10.3. The Balaban J connectivity index is 1.81. The van der Waals surface area contributed by atoms with Crippen molar-refractivity contribution in [3.05, 3.63) is 18.1 Å². The summed E-state index contributed by atoms with van der Waals surface area (Å²) in [7, 11) is 2.09. The maximum atomic E-state index is 11.2. The number of rotatable bonds is 5. The summed E-state index contributed by atoms with van der Waals surface area (Å²) in [5.74, 6) is 1.37. The summed E-state index contributed by atoms with van der Waals surface area (Å²) in [6.07, 6.45) is 2.16. The average molecular weight is 358 g/mol. The van der Waals surface area contributed by atoms with Crippen LogP contribution in [0.15, 0.2) is 12.3 Å². The van der Waals surface area contributed by atoms with Gasteiger partial charge in [-0.1, -0.05) is 6.92 Å². The molecule has 0 bridgehead atoms. The molecule has 3 rings (SSSR count). The number of aromatic nitrogens is 5. The fourth-order valence-electron chi connectivity index (χ4n) is 2.46. The Morgan fingerprint density at radius 2 is 1.92 bits per heavy atom. The van der Waals surface area contributed by atoms with E-state index < -0.39 is 0 Å². The lowest BCUT2D eigenvalue weighted by Gasteiger charge is -2.32. The van der Waals surface area contributed by atoms with Crippen LogP contribution < -0.4 is 15.0 Å². The molecule has 1 N–H and O–H groups in total. The minimum absolute atomic E-state index is 0.0637. The van der Waals surface area contributed by atoms with Crippen molar-refractivity contribution in [3.8, 4) is 12.0 Å². The molecule has 10 heteroatoms. The van der Waals surface area contributed by atoms with Gasteiger partial charge in [-0.25, -0.2) is 4.98 Å². The molecule has 26 heavy (non-hydrogen) atoms. The molecule has 1 amide bonds. The van der Waals surface area contributed by atoms with E-state index in [0.717, 1.165) is 26.2 Å². The molecule has 1 aliphatic rings. The summed E-state index contributed by atoms with van der Waals surface area (Å²) < 4.78 is 5.62. The number of ether oxygens (including phenoxy) is 1.